The molecule has 0 amide bonds. The third-order valence-corrected chi connectivity index (χ3v) is 11.0. The fraction of sp³-hybridized carbons (Fsp3) is 0. The fourth-order valence-electron chi connectivity index (χ4n) is 4.36. The van der Waals surface area contributed by atoms with E-state index in [9.17, 15) is 0 Å². The summed E-state index contributed by atoms with van der Waals surface area (Å²) < 4.78 is 0. The van der Waals surface area contributed by atoms with Crippen molar-refractivity contribution < 1.29 is 12.3 Å². The summed E-state index contributed by atoms with van der Waals surface area (Å²) in [5.74, 6) is 0. The van der Waals surface area contributed by atoms with E-state index in [0.29, 0.717) is 0 Å². The molecule has 213 valence electrons. The van der Waals surface area contributed by atoms with Crippen molar-refractivity contribution in [3.63, 3.8) is 0 Å². The number of nitrogens with zero attached hydrogens (tertiary/aromatic N) is 1. The second-order valence-electron chi connectivity index (χ2n) is 8.68. The summed E-state index contributed by atoms with van der Waals surface area (Å²) in [4.78, 5) is 7.25. The third kappa shape index (κ3) is 10.1. The standard InChI is InChI=1S/2C18H15P.HI.NO.Ni/c2*1-4-10-16(11-5-1)19(17-12-6-2-7-13-17)18-14-8-3-9-15-18;;1-2;/h2*1-15H;1H;;/q;;;-1;+1/p-1. The SMILES string of the molecule is [N-]=O.[Ni][I].c1ccc(P(c2ccccc2)c2ccccc2)cc1.c1ccc(P(c2ccccc2)c2ccccc2)cc1. The predicted octanol–water partition coefficient (Wildman–Crippen LogP) is 8.10. The van der Waals surface area contributed by atoms with E-state index < -0.39 is 15.8 Å². The monoisotopic (exact) mass is 739 g/mol. The van der Waals surface area contributed by atoms with E-state index in [0.717, 1.165) is 0 Å². The van der Waals surface area contributed by atoms with Crippen molar-refractivity contribution in [2.75, 3.05) is 0 Å². The zero-order valence-electron chi connectivity index (χ0n) is 22.8. The first-order valence-electron chi connectivity index (χ1n) is 13.1. The molecule has 0 spiro atoms. The average molecular weight is 740 g/mol. The molecule has 0 aliphatic rings. The number of nitroso groups, excluding NO2 is 1. The smallest absolute Gasteiger partial charge is 0.0134 e. The summed E-state index contributed by atoms with van der Waals surface area (Å²) in [6, 6.07) is 64.7. The quantitative estimate of drug-likeness (QED) is 0.0968. The van der Waals surface area contributed by atoms with Crippen LogP contribution < -0.4 is 31.8 Å². The van der Waals surface area contributed by atoms with Crippen LogP contribution in [0.5, 0.6) is 0 Å². The molecule has 2 nitrogen and oxygen atoms in total. The summed E-state index contributed by atoms with van der Waals surface area (Å²) >= 11 is 5.62. The first-order valence-corrected chi connectivity index (χ1v) is 19.0. The van der Waals surface area contributed by atoms with Gasteiger partial charge in [0, 0.05) is 0 Å². The molecule has 0 bridgehead atoms. The molecule has 6 aromatic carbocycles. The molecule has 0 atom stereocenters. The Morgan fingerprint density at radius 2 is 0.429 bits per heavy atom. The molecule has 0 radical (unpaired) electrons. The zero-order chi connectivity index (χ0) is 29.8. The van der Waals surface area contributed by atoms with Crippen LogP contribution in [0.15, 0.2) is 182 Å². The molecule has 0 aromatic heterocycles. The molecule has 0 saturated carbocycles. The normalized spacial score (nSPS) is 9.83. The number of halogens is 1. The molecular formula is C36H30INNiOP2-. The summed E-state index contributed by atoms with van der Waals surface area (Å²) in [6.45, 7) is 0. The van der Waals surface area contributed by atoms with E-state index in [2.05, 4.69) is 194 Å². The van der Waals surface area contributed by atoms with Gasteiger partial charge in [-0.3, -0.25) is 0 Å². The van der Waals surface area contributed by atoms with Crippen LogP contribution >= 0.6 is 36.3 Å². The van der Waals surface area contributed by atoms with Crippen molar-refractivity contribution >= 4 is 68.2 Å². The summed E-state index contributed by atoms with van der Waals surface area (Å²) in [5, 5.41) is 8.39. The van der Waals surface area contributed by atoms with Crippen LogP contribution in [0.25, 0.3) is 5.59 Å². The molecule has 0 aliphatic heterocycles. The van der Waals surface area contributed by atoms with Gasteiger partial charge < -0.3 is 10.5 Å². The van der Waals surface area contributed by atoms with E-state index >= 15 is 0 Å². The second-order valence-corrected chi connectivity index (χ2v) is 13.1. The van der Waals surface area contributed by atoms with Crippen molar-refractivity contribution in [2.45, 2.75) is 0 Å². The van der Waals surface area contributed by atoms with Gasteiger partial charge in [-0.05, 0) is 47.7 Å². The fourth-order valence-corrected chi connectivity index (χ4v) is 8.97. The van der Waals surface area contributed by atoms with Crippen LogP contribution in [-0.2, 0) is 12.3 Å². The van der Waals surface area contributed by atoms with Crippen LogP contribution in [0.1, 0.15) is 0 Å². The third-order valence-electron chi connectivity index (χ3n) is 6.09. The van der Waals surface area contributed by atoms with Gasteiger partial charge in [0.25, 0.3) is 0 Å². The number of benzene rings is 6. The van der Waals surface area contributed by atoms with Gasteiger partial charge in [0.15, 0.2) is 0 Å². The summed E-state index contributed by atoms with van der Waals surface area (Å²) in [6.07, 6.45) is 0. The van der Waals surface area contributed by atoms with Gasteiger partial charge in [0.05, 0.1) is 0 Å². The van der Waals surface area contributed by atoms with E-state index in [4.69, 9.17) is 10.5 Å². The van der Waals surface area contributed by atoms with Crippen LogP contribution in [-0.4, -0.2) is 0 Å². The summed E-state index contributed by atoms with van der Waals surface area (Å²) in [7, 11) is -0.892. The van der Waals surface area contributed by atoms with E-state index in [-0.39, 0.29) is 0 Å². The molecule has 42 heavy (non-hydrogen) atoms. The Kier molecular flexibility index (Phi) is 16.0. The minimum atomic E-state index is -0.446. The van der Waals surface area contributed by atoms with Gasteiger partial charge in [0.1, 0.15) is 0 Å². The maximum absolute atomic E-state index is 7.25. The Morgan fingerprint density at radius 1 is 0.310 bits per heavy atom. The minimum Gasteiger partial charge on any atom is -0.0622 e. The molecule has 6 aromatic rings. The van der Waals surface area contributed by atoms with Gasteiger partial charge in [0.2, 0.25) is 0 Å². The Labute approximate surface area is 271 Å². The maximum Gasteiger partial charge on any atom is -0.0134 e. The van der Waals surface area contributed by atoms with E-state index in [1.807, 2.05) is 0 Å². The molecule has 6 rings (SSSR count). The maximum atomic E-state index is 7.25. The topological polar surface area (TPSA) is 39.4 Å². The largest absolute Gasteiger partial charge is 0.0622 e. The summed E-state index contributed by atoms with van der Waals surface area (Å²) in [5.41, 5.74) is 5.75. The minimum absolute atomic E-state index is 0.446. The molecular weight excluding hydrogens is 710 g/mol. The van der Waals surface area contributed by atoms with Crippen molar-refractivity contribution in [1.82, 2.24) is 0 Å². The van der Waals surface area contributed by atoms with Gasteiger partial charge in [-0.1, -0.05) is 182 Å². The first kappa shape index (κ1) is 33.5. The van der Waals surface area contributed by atoms with Crippen molar-refractivity contribution in [2.24, 2.45) is 0 Å². The van der Waals surface area contributed by atoms with E-state index in [1.54, 1.807) is 20.5 Å². The average Bonchev–Trinajstić information content (AvgIpc) is 3.10. The number of hydrogen-bond acceptors (Lipinski definition) is 1. The molecule has 0 heterocycles. The van der Waals surface area contributed by atoms with Crippen molar-refractivity contribution in [3.05, 3.63) is 192 Å². The molecule has 0 N–H and O–H groups in total. The second kappa shape index (κ2) is 20.0. The number of hydrogen-bond donors (Lipinski definition) is 0. The van der Waals surface area contributed by atoms with Crippen LogP contribution in [0.2, 0.25) is 0 Å². The molecule has 6 heteroatoms. The molecule has 0 fully saturated rings. The predicted molar refractivity (Wildman–Crippen MR) is 191 cm³/mol. The Balaban J connectivity index is 0.000000206. The molecule has 0 aliphatic carbocycles. The van der Waals surface area contributed by atoms with Crippen molar-refractivity contribution in [3.8, 4) is 0 Å². The Morgan fingerprint density at radius 3 is 0.548 bits per heavy atom. The molecule has 0 saturated heterocycles. The van der Waals surface area contributed by atoms with Crippen molar-refractivity contribution in [1.29, 1.82) is 0 Å². The Hall–Kier alpha value is -3.00. The number of rotatable bonds is 6. The van der Waals surface area contributed by atoms with E-state index in [1.165, 1.54) is 31.8 Å². The van der Waals surface area contributed by atoms with Gasteiger partial charge in [-0.25, -0.2) is 0 Å². The van der Waals surface area contributed by atoms with Crippen LogP contribution in [0.3, 0.4) is 0 Å². The van der Waals surface area contributed by atoms with Crippen LogP contribution in [0.4, 0.5) is 0 Å². The first-order chi connectivity index (χ1) is 20.9. The molecule has 0 unspecified atom stereocenters. The Bertz CT molecular complexity index is 1210. The zero-order valence-corrected chi connectivity index (χ0v) is 27.7. The van der Waals surface area contributed by atoms with Gasteiger partial charge >= 0.3 is 32.8 Å². The van der Waals surface area contributed by atoms with Gasteiger partial charge in [-0.2, -0.15) is 0 Å². The van der Waals surface area contributed by atoms with Crippen LogP contribution in [0, 0.1) is 4.91 Å². The van der Waals surface area contributed by atoms with Gasteiger partial charge in [-0.15, -0.1) is 0 Å².